The van der Waals surface area contributed by atoms with Crippen molar-refractivity contribution in [2.24, 2.45) is 12.5 Å². The molecule has 6 nitrogen and oxygen atoms in total. The highest BCUT2D eigenvalue weighted by atomic mass is 16.5. The van der Waals surface area contributed by atoms with Gasteiger partial charge in [-0.1, -0.05) is 0 Å². The normalized spacial score (nSPS) is 30.7. The number of piperidine rings is 1. The van der Waals surface area contributed by atoms with Gasteiger partial charge in [0.1, 0.15) is 5.82 Å². The molecule has 1 aliphatic carbocycles. The number of hydrogen-bond donors (Lipinski definition) is 0. The van der Waals surface area contributed by atoms with Crippen molar-refractivity contribution < 1.29 is 9.53 Å². The van der Waals surface area contributed by atoms with Gasteiger partial charge in [-0.05, 0) is 57.5 Å². The minimum absolute atomic E-state index is 0.161. The first-order valence-electron chi connectivity index (χ1n) is 9.56. The van der Waals surface area contributed by atoms with Crippen molar-refractivity contribution in [3.05, 3.63) is 17.7 Å². The van der Waals surface area contributed by atoms with Gasteiger partial charge in [-0.25, -0.2) is 9.78 Å². The molecule has 2 saturated heterocycles. The lowest BCUT2D eigenvalue weighted by Crippen LogP contribution is -2.54. The number of likely N-dealkylation sites (tertiary alicyclic amines) is 2. The van der Waals surface area contributed by atoms with E-state index in [9.17, 15) is 4.79 Å². The lowest BCUT2D eigenvalue weighted by molar-refractivity contribution is -0.00476. The van der Waals surface area contributed by atoms with Crippen molar-refractivity contribution in [3.63, 3.8) is 0 Å². The zero-order valence-electron chi connectivity index (χ0n) is 15.7. The van der Waals surface area contributed by atoms with E-state index < -0.39 is 0 Å². The molecule has 25 heavy (non-hydrogen) atoms. The fourth-order valence-electron chi connectivity index (χ4n) is 5.29. The summed E-state index contributed by atoms with van der Waals surface area (Å²) in [6.45, 7) is 6.18. The molecule has 1 aromatic rings. The molecular formula is C19H30N4O2. The number of nitrogens with zero attached hydrogens (tertiary/aromatic N) is 4. The lowest BCUT2D eigenvalue weighted by Gasteiger charge is -2.51. The van der Waals surface area contributed by atoms with Crippen LogP contribution in [0, 0.1) is 12.3 Å². The molecule has 3 aliphatic rings. The Balaban J connectivity index is 1.28. The number of carbonyl (C=O) groups is 1. The summed E-state index contributed by atoms with van der Waals surface area (Å²) >= 11 is 0. The van der Waals surface area contributed by atoms with Crippen LogP contribution in [0.2, 0.25) is 0 Å². The Hall–Kier alpha value is -1.56. The van der Waals surface area contributed by atoms with Crippen LogP contribution in [0.5, 0.6) is 0 Å². The lowest BCUT2D eigenvalue weighted by atomic mass is 9.64. The standard InChI is InChI=1S/C19H30N4O2/c1-14-12-21(2)17(20-14)15-4-7-22(8-5-15)16-10-19(11-16)6-9-23(13-19)18(24)25-3/h12,15-16H,4-11,13H2,1-3H3. The Kier molecular flexibility index (Phi) is 4.26. The smallest absolute Gasteiger partial charge is 0.409 e. The largest absolute Gasteiger partial charge is 0.453 e. The van der Waals surface area contributed by atoms with Crippen LogP contribution in [-0.4, -0.2) is 64.8 Å². The zero-order valence-corrected chi connectivity index (χ0v) is 15.7. The van der Waals surface area contributed by atoms with Crippen molar-refractivity contribution >= 4 is 6.09 Å². The molecule has 3 heterocycles. The Morgan fingerprint density at radius 2 is 2.00 bits per heavy atom. The number of hydrogen-bond acceptors (Lipinski definition) is 4. The molecule has 3 fully saturated rings. The van der Waals surface area contributed by atoms with E-state index in [0.29, 0.717) is 17.4 Å². The van der Waals surface area contributed by atoms with Crippen molar-refractivity contribution in [3.8, 4) is 0 Å². The number of ether oxygens (including phenoxy) is 1. The average Bonchev–Trinajstić information content (AvgIpc) is 3.17. The van der Waals surface area contributed by atoms with Crippen LogP contribution in [0.15, 0.2) is 6.20 Å². The molecule has 0 N–H and O–H groups in total. The highest BCUT2D eigenvalue weighted by Crippen LogP contribution is 2.50. The van der Waals surface area contributed by atoms with Crippen LogP contribution < -0.4 is 0 Å². The SMILES string of the molecule is COC(=O)N1CCC2(CC(N3CCC(c4nc(C)cn4C)CC3)C2)C1. The summed E-state index contributed by atoms with van der Waals surface area (Å²) in [7, 11) is 3.59. The van der Waals surface area contributed by atoms with Gasteiger partial charge in [0.05, 0.1) is 12.8 Å². The van der Waals surface area contributed by atoms with Gasteiger partial charge in [-0.2, -0.15) is 0 Å². The van der Waals surface area contributed by atoms with Gasteiger partial charge in [0, 0.05) is 38.3 Å². The Morgan fingerprint density at radius 1 is 1.28 bits per heavy atom. The van der Waals surface area contributed by atoms with E-state index in [1.807, 2.05) is 4.90 Å². The van der Waals surface area contributed by atoms with Crippen molar-refractivity contribution in [1.29, 1.82) is 0 Å². The second-order valence-electron chi connectivity index (χ2n) is 8.37. The Morgan fingerprint density at radius 3 is 2.60 bits per heavy atom. The van der Waals surface area contributed by atoms with E-state index >= 15 is 0 Å². The fraction of sp³-hybridized carbons (Fsp3) is 0.789. The van der Waals surface area contributed by atoms with Gasteiger partial charge in [0.25, 0.3) is 0 Å². The van der Waals surface area contributed by atoms with E-state index in [4.69, 9.17) is 9.72 Å². The van der Waals surface area contributed by atoms with Gasteiger partial charge in [0.2, 0.25) is 0 Å². The molecule has 0 radical (unpaired) electrons. The maximum absolute atomic E-state index is 11.7. The molecule has 1 amide bonds. The summed E-state index contributed by atoms with van der Waals surface area (Å²) < 4.78 is 7.08. The number of methoxy groups -OCH3 is 1. The van der Waals surface area contributed by atoms with Gasteiger partial charge >= 0.3 is 6.09 Å². The molecule has 138 valence electrons. The van der Waals surface area contributed by atoms with E-state index in [1.54, 1.807) is 0 Å². The summed E-state index contributed by atoms with van der Waals surface area (Å²) in [5, 5.41) is 0. The molecule has 0 unspecified atom stereocenters. The minimum atomic E-state index is -0.161. The van der Waals surface area contributed by atoms with Gasteiger partial charge in [-0.15, -0.1) is 0 Å². The molecule has 1 aromatic heterocycles. The molecule has 4 rings (SSSR count). The molecular weight excluding hydrogens is 316 g/mol. The number of rotatable bonds is 2. The summed E-state index contributed by atoms with van der Waals surface area (Å²) in [4.78, 5) is 21.0. The third kappa shape index (κ3) is 3.05. The van der Waals surface area contributed by atoms with E-state index in [2.05, 4.69) is 29.6 Å². The first-order chi connectivity index (χ1) is 12.0. The number of aromatic nitrogens is 2. The van der Waals surface area contributed by atoms with Gasteiger partial charge in [-0.3, -0.25) is 0 Å². The van der Waals surface area contributed by atoms with Crippen LogP contribution in [0.25, 0.3) is 0 Å². The molecule has 0 bridgehead atoms. The monoisotopic (exact) mass is 346 g/mol. The second kappa shape index (κ2) is 6.31. The van der Waals surface area contributed by atoms with Gasteiger partial charge < -0.3 is 19.1 Å². The predicted octanol–water partition coefficient (Wildman–Crippen LogP) is 2.53. The number of carbonyl (C=O) groups excluding carboxylic acids is 1. The minimum Gasteiger partial charge on any atom is -0.453 e. The summed E-state index contributed by atoms with van der Waals surface area (Å²) in [5.74, 6) is 1.86. The van der Waals surface area contributed by atoms with Gasteiger partial charge in [0.15, 0.2) is 0 Å². The second-order valence-corrected chi connectivity index (χ2v) is 8.37. The van der Waals surface area contributed by atoms with Crippen LogP contribution in [0.3, 0.4) is 0 Å². The van der Waals surface area contributed by atoms with Crippen LogP contribution in [0.4, 0.5) is 4.79 Å². The maximum atomic E-state index is 11.7. The molecule has 1 saturated carbocycles. The van der Waals surface area contributed by atoms with E-state index in [-0.39, 0.29) is 6.09 Å². The Labute approximate surface area is 150 Å². The highest BCUT2D eigenvalue weighted by Gasteiger charge is 2.51. The summed E-state index contributed by atoms with van der Waals surface area (Å²) in [5.41, 5.74) is 1.49. The molecule has 2 aliphatic heterocycles. The third-order valence-corrected chi connectivity index (χ3v) is 6.65. The number of imidazole rings is 1. The quantitative estimate of drug-likeness (QED) is 0.826. The number of aryl methyl sites for hydroxylation is 2. The summed E-state index contributed by atoms with van der Waals surface area (Å²) in [6.07, 6.45) is 8.02. The van der Waals surface area contributed by atoms with Crippen LogP contribution in [-0.2, 0) is 11.8 Å². The van der Waals surface area contributed by atoms with Crippen LogP contribution in [0.1, 0.15) is 49.5 Å². The molecule has 1 spiro atoms. The predicted molar refractivity (Wildman–Crippen MR) is 95.5 cm³/mol. The average molecular weight is 346 g/mol. The maximum Gasteiger partial charge on any atom is 0.409 e. The van der Waals surface area contributed by atoms with E-state index in [0.717, 1.165) is 25.2 Å². The fourth-order valence-corrected chi connectivity index (χ4v) is 5.29. The third-order valence-electron chi connectivity index (χ3n) is 6.65. The number of amides is 1. The zero-order chi connectivity index (χ0) is 17.6. The van der Waals surface area contributed by atoms with Crippen molar-refractivity contribution in [1.82, 2.24) is 19.4 Å². The van der Waals surface area contributed by atoms with Crippen molar-refractivity contribution in [2.75, 3.05) is 33.3 Å². The Bertz CT molecular complexity index is 642. The highest BCUT2D eigenvalue weighted by molar-refractivity contribution is 5.67. The first kappa shape index (κ1) is 16.9. The molecule has 6 heteroatoms. The van der Waals surface area contributed by atoms with E-state index in [1.165, 1.54) is 51.7 Å². The summed E-state index contributed by atoms with van der Waals surface area (Å²) in [6, 6.07) is 0.710. The molecule has 0 aromatic carbocycles. The van der Waals surface area contributed by atoms with Crippen molar-refractivity contribution in [2.45, 2.75) is 51.0 Å². The first-order valence-corrected chi connectivity index (χ1v) is 9.56. The van der Waals surface area contributed by atoms with Crippen LogP contribution >= 0.6 is 0 Å². The topological polar surface area (TPSA) is 50.6 Å². The molecule has 0 atom stereocenters.